The van der Waals surface area contributed by atoms with E-state index in [0.29, 0.717) is 0 Å². The molecule has 0 bridgehead atoms. The van der Waals surface area contributed by atoms with E-state index in [9.17, 15) is 9.59 Å². The molecule has 0 radical (unpaired) electrons. The molecule has 0 aromatic carbocycles. The van der Waals surface area contributed by atoms with Crippen molar-refractivity contribution < 1.29 is 9.59 Å². The highest BCUT2D eigenvalue weighted by atomic mass is 16.1. The van der Waals surface area contributed by atoms with Crippen LogP contribution >= 0.6 is 0 Å². The zero-order valence-electron chi connectivity index (χ0n) is 5.47. The van der Waals surface area contributed by atoms with Crippen LogP contribution in [0.25, 0.3) is 0 Å². The molecule has 0 rings (SSSR count). The van der Waals surface area contributed by atoms with E-state index >= 15 is 0 Å². The van der Waals surface area contributed by atoms with Crippen LogP contribution in [-0.2, 0) is 9.59 Å². The fourth-order valence-electron chi connectivity index (χ4n) is 0.276. The third-order valence-corrected chi connectivity index (χ3v) is 0.716. The summed E-state index contributed by atoms with van der Waals surface area (Å²) in [6, 6.07) is 0. The summed E-state index contributed by atoms with van der Waals surface area (Å²) in [6.45, 7) is 1.39. The van der Waals surface area contributed by atoms with E-state index in [2.05, 4.69) is 5.32 Å². The summed E-state index contributed by atoms with van der Waals surface area (Å²) in [7, 11) is 1.51. The zero-order chi connectivity index (χ0) is 7.28. The van der Waals surface area contributed by atoms with Crippen LogP contribution < -0.4 is 5.32 Å². The maximum Gasteiger partial charge on any atom is 0.243 e. The molecule has 9 heavy (non-hydrogen) atoms. The Morgan fingerprint density at radius 1 is 1.33 bits per heavy atom. The van der Waals surface area contributed by atoms with Crippen molar-refractivity contribution in [3.05, 3.63) is 12.2 Å². The van der Waals surface area contributed by atoms with Crippen molar-refractivity contribution in [1.29, 1.82) is 0 Å². The van der Waals surface area contributed by atoms with Crippen LogP contribution in [0.15, 0.2) is 12.2 Å². The smallest absolute Gasteiger partial charge is 0.243 e. The highest BCUT2D eigenvalue weighted by Gasteiger charge is 1.87. The molecule has 1 amide bonds. The van der Waals surface area contributed by atoms with Crippen LogP contribution in [0, 0.1) is 0 Å². The Morgan fingerprint density at radius 2 is 1.89 bits per heavy atom. The number of ketones is 1. The van der Waals surface area contributed by atoms with Gasteiger partial charge in [-0.25, -0.2) is 0 Å². The van der Waals surface area contributed by atoms with Crippen molar-refractivity contribution in [3.63, 3.8) is 0 Å². The van der Waals surface area contributed by atoms with E-state index < -0.39 is 0 Å². The van der Waals surface area contributed by atoms with Gasteiger partial charge in [0.1, 0.15) is 0 Å². The number of amides is 1. The molecule has 0 aliphatic rings. The Kier molecular flexibility index (Phi) is 3.35. The van der Waals surface area contributed by atoms with Crippen LogP contribution in [0.2, 0.25) is 0 Å². The Labute approximate surface area is 53.7 Å². The number of nitrogens with one attached hydrogen (secondary N) is 1. The minimum atomic E-state index is -0.259. The monoisotopic (exact) mass is 127 g/mol. The van der Waals surface area contributed by atoms with Gasteiger partial charge in [0.15, 0.2) is 5.78 Å². The predicted octanol–water partition coefficient (Wildman–Crippen LogP) is -0.122. The second-order valence-electron chi connectivity index (χ2n) is 1.56. The van der Waals surface area contributed by atoms with E-state index in [0.717, 1.165) is 0 Å². The van der Waals surface area contributed by atoms with Crippen molar-refractivity contribution in [2.45, 2.75) is 6.92 Å². The summed E-state index contributed by atoms with van der Waals surface area (Å²) in [5, 5.41) is 2.34. The van der Waals surface area contributed by atoms with Gasteiger partial charge in [-0.3, -0.25) is 9.59 Å². The standard InChI is InChI=1S/C6H9NO2/c1-5(8)3-4-6(9)7-2/h3-4H,1-2H3,(H,7,9). The molecular weight excluding hydrogens is 118 g/mol. The number of hydrogen-bond acceptors (Lipinski definition) is 2. The molecule has 0 unspecified atom stereocenters. The highest BCUT2D eigenvalue weighted by Crippen LogP contribution is 1.73. The second-order valence-corrected chi connectivity index (χ2v) is 1.56. The van der Waals surface area contributed by atoms with Crippen molar-refractivity contribution in [2.24, 2.45) is 0 Å². The summed E-state index contributed by atoms with van der Waals surface area (Å²) < 4.78 is 0. The van der Waals surface area contributed by atoms with Crippen molar-refractivity contribution in [3.8, 4) is 0 Å². The Hall–Kier alpha value is -1.12. The average molecular weight is 127 g/mol. The van der Waals surface area contributed by atoms with Gasteiger partial charge in [-0.2, -0.15) is 0 Å². The number of allylic oxidation sites excluding steroid dienone is 1. The first-order chi connectivity index (χ1) is 4.16. The Balaban J connectivity index is 3.71. The summed E-state index contributed by atoms with van der Waals surface area (Å²) in [5.74, 6) is -0.385. The topological polar surface area (TPSA) is 46.2 Å². The first kappa shape index (κ1) is 7.88. The number of rotatable bonds is 2. The quantitative estimate of drug-likeness (QED) is 0.525. The van der Waals surface area contributed by atoms with Crippen LogP contribution in [-0.4, -0.2) is 18.7 Å². The fourth-order valence-corrected chi connectivity index (χ4v) is 0.276. The van der Waals surface area contributed by atoms with Gasteiger partial charge < -0.3 is 5.32 Å². The molecule has 0 fully saturated rings. The van der Waals surface area contributed by atoms with Gasteiger partial charge in [-0.05, 0) is 13.0 Å². The van der Waals surface area contributed by atoms with Gasteiger partial charge >= 0.3 is 0 Å². The molecule has 3 nitrogen and oxygen atoms in total. The molecule has 3 heteroatoms. The van der Waals surface area contributed by atoms with Gasteiger partial charge in [0, 0.05) is 13.1 Å². The zero-order valence-corrected chi connectivity index (χ0v) is 5.47. The minimum Gasteiger partial charge on any atom is -0.356 e. The van der Waals surface area contributed by atoms with Crippen molar-refractivity contribution in [2.75, 3.05) is 7.05 Å². The lowest BCUT2D eigenvalue weighted by molar-refractivity contribution is -0.117. The van der Waals surface area contributed by atoms with E-state index in [1.54, 1.807) is 0 Å². The van der Waals surface area contributed by atoms with Gasteiger partial charge in [0.2, 0.25) is 5.91 Å². The van der Waals surface area contributed by atoms with Crippen LogP contribution in [0.3, 0.4) is 0 Å². The molecule has 0 atom stereocenters. The van der Waals surface area contributed by atoms with E-state index in [-0.39, 0.29) is 11.7 Å². The Morgan fingerprint density at radius 3 is 2.22 bits per heavy atom. The van der Waals surface area contributed by atoms with Crippen molar-refractivity contribution >= 4 is 11.7 Å². The maximum atomic E-state index is 10.4. The summed E-state index contributed by atoms with van der Waals surface area (Å²) >= 11 is 0. The predicted molar refractivity (Wildman–Crippen MR) is 33.9 cm³/mol. The van der Waals surface area contributed by atoms with Crippen LogP contribution in [0.1, 0.15) is 6.92 Å². The van der Waals surface area contributed by atoms with E-state index in [1.165, 1.54) is 26.1 Å². The molecule has 1 N–H and O–H groups in total. The molecule has 0 aromatic rings. The van der Waals surface area contributed by atoms with Crippen LogP contribution in [0.4, 0.5) is 0 Å². The summed E-state index contributed by atoms with van der Waals surface area (Å²) in [4.78, 5) is 20.6. The van der Waals surface area contributed by atoms with Crippen molar-refractivity contribution in [1.82, 2.24) is 5.32 Å². The second kappa shape index (κ2) is 3.83. The van der Waals surface area contributed by atoms with E-state index in [1.807, 2.05) is 0 Å². The van der Waals surface area contributed by atoms with Gasteiger partial charge in [-0.15, -0.1) is 0 Å². The summed E-state index contributed by atoms with van der Waals surface area (Å²) in [5.41, 5.74) is 0. The third-order valence-electron chi connectivity index (χ3n) is 0.716. The lowest BCUT2D eigenvalue weighted by Crippen LogP contribution is -2.14. The average Bonchev–Trinajstić information content (AvgIpc) is 1.83. The first-order valence-electron chi connectivity index (χ1n) is 2.57. The lowest BCUT2D eigenvalue weighted by Gasteiger charge is -1.85. The fraction of sp³-hybridized carbons (Fsp3) is 0.333. The molecule has 0 saturated heterocycles. The van der Waals surface area contributed by atoms with E-state index in [4.69, 9.17) is 0 Å². The van der Waals surface area contributed by atoms with Crippen LogP contribution in [0.5, 0.6) is 0 Å². The highest BCUT2D eigenvalue weighted by molar-refractivity contribution is 5.96. The molecule has 0 aromatic heterocycles. The summed E-state index contributed by atoms with van der Waals surface area (Å²) in [6.07, 6.45) is 2.42. The molecular formula is C6H9NO2. The number of hydrogen-bond donors (Lipinski definition) is 1. The third kappa shape index (κ3) is 4.74. The molecule has 0 heterocycles. The van der Waals surface area contributed by atoms with Gasteiger partial charge in [0.05, 0.1) is 0 Å². The maximum absolute atomic E-state index is 10.4. The molecule has 0 aliphatic carbocycles. The number of likely N-dealkylation sites (N-methyl/N-ethyl adjacent to an activating group) is 1. The molecule has 0 aliphatic heterocycles. The normalized spacial score (nSPS) is 9.56. The SMILES string of the molecule is CNC(=O)C=CC(C)=O. The lowest BCUT2D eigenvalue weighted by atomic mass is 10.4. The largest absolute Gasteiger partial charge is 0.356 e. The first-order valence-corrected chi connectivity index (χ1v) is 2.57. The number of carbonyl (C=O) groups is 2. The Bertz CT molecular complexity index is 149. The molecule has 0 spiro atoms. The van der Waals surface area contributed by atoms with Gasteiger partial charge in [-0.1, -0.05) is 0 Å². The minimum absolute atomic E-state index is 0.126. The molecule has 50 valence electrons. The molecule has 0 saturated carbocycles. The number of carbonyl (C=O) groups excluding carboxylic acids is 2. The van der Waals surface area contributed by atoms with Gasteiger partial charge in [0.25, 0.3) is 0 Å².